The van der Waals surface area contributed by atoms with Gasteiger partial charge in [-0.1, -0.05) is 24.6 Å². The first-order valence-electron chi connectivity index (χ1n) is 10.4. The lowest BCUT2D eigenvalue weighted by atomic mass is 10.1. The van der Waals surface area contributed by atoms with Gasteiger partial charge in [0.05, 0.1) is 13.1 Å². The molecule has 1 saturated heterocycles. The third-order valence-electron chi connectivity index (χ3n) is 4.78. The van der Waals surface area contributed by atoms with E-state index in [-0.39, 0.29) is 36.0 Å². The molecule has 0 aromatic heterocycles. The van der Waals surface area contributed by atoms with Gasteiger partial charge in [-0.25, -0.2) is 0 Å². The number of halogens is 2. The monoisotopic (exact) mass is 551 g/mol. The Morgan fingerprint density at radius 3 is 2.70 bits per heavy atom. The fourth-order valence-electron chi connectivity index (χ4n) is 3.20. The largest absolute Gasteiger partial charge is 0.489 e. The Bertz CT molecular complexity index is 669. The van der Waals surface area contributed by atoms with Gasteiger partial charge in [0.25, 0.3) is 0 Å². The summed E-state index contributed by atoms with van der Waals surface area (Å²) in [6.45, 7) is 7.73. The molecule has 1 heterocycles. The minimum absolute atomic E-state index is 0. The predicted molar refractivity (Wildman–Crippen MR) is 134 cm³/mol. The molecule has 170 valence electrons. The molecule has 0 aliphatic carbocycles. The van der Waals surface area contributed by atoms with Crippen molar-refractivity contribution in [3.8, 4) is 5.75 Å². The maximum absolute atomic E-state index is 11.9. The zero-order valence-electron chi connectivity index (χ0n) is 18.1. The van der Waals surface area contributed by atoms with E-state index in [4.69, 9.17) is 16.3 Å². The lowest BCUT2D eigenvalue weighted by molar-refractivity contribution is -0.122. The summed E-state index contributed by atoms with van der Waals surface area (Å²) in [5.74, 6) is 1.64. The second kappa shape index (κ2) is 14.7. The summed E-state index contributed by atoms with van der Waals surface area (Å²) in [7, 11) is 1.77. The number of benzene rings is 1. The van der Waals surface area contributed by atoms with Crippen LogP contribution in [0.3, 0.4) is 0 Å². The molecule has 30 heavy (non-hydrogen) atoms. The summed E-state index contributed by atoms with van der Waals surface area (Å²) >= 11 is 6.00. The zero-order chi connectivity index (χ0) is 21.1. The number of carbonyl (C=O) groups excluding carboxylic acids is 1. The van der Waals surface area contributed by atoms with Crippen molar-refractivity contribution in [3.63, 3.8) is 0 Å². The van der Waals surface area contributed by atoms with Gasteiger partial charge in [-0.3, -0.25) is 14.7 Å². The first-order valence-corrected chi connectivity index (χ1v) is 10.8. The molecule has 1 aromatic carbocycles. The minimum atomic E-state index is -0.0319. The highest BCUT2D eigenvalue weighted by Crippen LogP contribution is 2.18. The molecular weight excluding hydrogens is 517 g/mol. The van der Waals surface area contributed by atoms with Gasteiger partial charge < -0.3 is 20.7 Å². The normalized spacial score (nSPS) is 16.3. The Morgan fingerprint density at radius 2 is 2.07 bits per heavy atom. The van der Waals surface area contributed by atoms with Crippen LogP contribution < -0.4 is 20.7 Å². The molecule has 1 aromatic rings. The fraction of sp³-hybridized carbons (Fsp3) is 0.619. The van der Waals surface area contributed by atoms with Crippen LogP contribution in [0.1, 0.15) is 33.1 Å². The van der Waals surface area contributed by atoms with Crippen molar-refractivity contribution in [2.75, 3.05) is 39.8 Å². The predicted octanol–water partition coefficient (Wildman–Crippen LogP) is 2.88. The van der Waals surface area contributed by atoms with Gasteiger partial charge in [0.2, 0.25) is 5.91 Å². The molecule has 0 bridgehead atoms. The molecule has 9 heteroatoms. The zero-order valence-corrected chi connectivity index (χ0v) is 21.2. The number of nitrogens with one attached hydrogen (secondary N) is 3. The first kappa shape index (κ1) is 26.8. The van der Waals surface area contributed by atoms with Crippen molar-refractivity contribution in [1.82, 2.24) is 20.9 Å². The van der Waals surface area contributed by atoms with Crippen molar-refractivity contribution >= 4 is 47.4 Å². The van der Waals surface area contributed by atoms with Crippen molar-refractivity contribution in [2.45, 2.75) is 45.3 Å². The number of hydrogen-bond acceptors (Lipinski definition) is 4. The van der Waals surface area contributed by atoms with Gasteiger partial charge in [-0.2, -0.15) is 0 Å². The summed E-state index contributed by atoms with van der Waals surface area (Å²) in [5.41, 5.74) is 0. The van der Waals surface area contributed by atoms with Gasteiger partial charge in [0.15, 0.2) is 5.96 Å². The number of guanidine groups is 1. The highest BCUT2D eigenvalue weighted by molar-refractivity contribution is 14.0. The second-order valence-electron chi connectivity index (χ2n) is 7.38. The summed E-state index contributed by atoms with van der Waals surface area (Å²) in [4.78, 5) is 18.4. The molecule has 0 spiro atoms. The van der Waals surface area contributed by atoms with E-state index in [0.717, 1.165) is 50.6 Å². The van der Waals surface area contributed by atoms with Crippen LogP contribution in [-0.4, -0.2) is 68.7 Å². The molecule has 3 N–H and O–H groups in total. The lowest BCUT2D eigenvalue weighted by Crippen LogP contribution is -2.51. The van der Waals surface area contributed by atoms with Crippen LogP contribution >= 0.6 is 35.6 Å². The molecule has 1 fully saturated rings. The summed E-state index contributed by atoms with van der Waals surface area (Å²) in [5, 5.41) is 10.4. The van der Waals surface area contributed by atoms with Gasteiger partial charge in [-0.05, 0) is 44.4 Å². The lowest BCUT2D eigenvalue weighted by Gasteiger charge is -2.32. The van der Waals surface area contributed by atoms with Crippen LogP contribution in [0.15, 0.2) is 29.3 Å². The highest BCUT2D eigenvalue weighted by Gasteiger charge is 2.21. The van der Waals surface area contributed by atoms with E-state index in [0.29, 0.717) is 24.2 Å². The number of rotatable bonds is 9. The highest BCUT2D eigenvalue weighted by atomic mass is 127. The van der Waals surface area contributed by atoms with E-state index < -0.39 is 0 Å². The van der Waals surface area contributed by atoms with Crippen LogP contribution in [0, 0.1) is 0 Å². The number of piperidine rings is 1. The van der Waals surface area contributed by atoms with Crippen molar-refractivity contribution in [2.24, 2.45) is 4.99 Å². The number of aliphatic imine (C=N–C) groups is 1. The average molecular weight is 552 g/mol. The number of nitrogens with zero attached hydrogens (tertiary/aromatic N) is 2. The Hall–Kier alpha value is -1.26. The molecule has 0 radical (unpaired) electrons. The Labute approximate surface area is 202 Å². The Balaban J connectivity index is 0.00000450. The number of hydrogen-bond donors (Lipinski definition) is 3. The van der Waals surface area contributed by atoms with E-state index >= 15 is 0 Å². The van der Waals surface area contributed by atoms with Gasteiger partial charge >= 0.3 is 0 Å². The number of amides is 1. The SMILES string of the molecule is CCCNC(=O)CN1CCC(NC(=NC)NCC(C)Oc2cccc(Cl)c2)CC1.I. The third kappa shape index (κ3) is 10.2. The molecule has 1 atom stereocenters. The standard InChI is InChI=1S/C21H34ClN5O2.HI/c1-4-10-24-20(28)15-27-11-8-18(9-12-27)26-21(23-3)25-14-16(2)29-19-7-5-6-17(22)13-19;/h5-7,13,16,18H,4,8-12,14-15H2,1-3H3,(H,24,28)(H2,23,25,26);1H. The second-order valence-corrected chi connectivity index (χ2v) is 7.82. The topological polar surface area (TPSA) is 78.0 Å². The van der Waals surface area contributed by atoms with Gasteiger partial charge in [0, 0.05) is 37.7 Å². The van der Waals surface area contributed by atoms with Crippen molar-refractivity contribution < 1.29 is 9.53 Å². The van der Waals surface area contributed by atoms with Gasteiger partial charge in [-0.15, -0.1) is 24.0 Å². The van der Waals surface area contributed by atoms with Crippen LogP contribution in [0.4, 0.5) is 0 Å². The number of likely N-dealkylation sites (tertiary alicyclic amines) is 1. The van der Waals surface area contributed by atoms with Crippen LogP contribution in [0.2, 0.25) is 5.02 Å². The Kier molecular flexibility index (Phi) is 13.1. The van der Waals surface area contributed by atoms with Crippen molar-refractivity contribution in [3.05, 3.63) is 29.3 Å². The summed E-state index contributed by atoms with van der Waals surface area (Å²) < 4.78 is 5.88. The molecule has 7 nitrogen and oxygen atoms in total. The molecule has 1 aliphatic rings. The maximum atomic E-state index is 11.9. The molecule has 0 saturated carbocycles. The maximum Gasteiger partial charge on any atom is 0.234 e. The van der Waals surface area contributed by atoms with Crippen molar-refractivity contribution in [1.29, 1.82) is 0 Å². The summed E-state index contributed by atoms with van der Waals surface area (Å²) in [6.07, 6.45) is 2.90. The van der Waals surface area contributed by atoms with E-state index in [1.807, 2.05) is 25.1 Å². The van der Waals surface area contributed by atoms with E-state index in [9.17, 15) is 4.79 Å². The first-order chi connectivity index (χ1) is 14.0. The van der Waals surface area contributed by atoms with E-state index in [2.05, 4.69) is 32.8 Å². The summed E-state index contributed by atoms with van der Waals surface area (Å²) in [6, 6.07) is 7.75. The average Bonchev–Trinajstić information content (AvgIpc) is 2.71. The third-order valence-corrected chi connectivity index (χ3v) is 5.02. The van der Waals surface area contributed by atoms with Crippen LogP contribution in [0.25, 0.3) is 0 Å². The molecule has 1 amide bonds. The molecule has 1 unspecified atom stereocenters. The fourth-order valence-corrected chi connectivity index (χ4v) is 3.38. The van der Waals surface area contributed by atoms with Crippen LogP contribution in [0.5, 0.6) is 5.75 Å². The van der Waals surface area contributed by atoms with E-state index in [1.165, 1.54) is 0 Å². The smallest absolute Gasteiger partial charge is 0.234 e. The quantitative estimate of drug-likeness (QED) is 0.250. The van der Waals surface area contributed by atoms with Gasteiger partial charge in [0.1, 0.15) is 11.9 Å². The number of carbonyl (C=O) groups is 1. The minimum Gasteiger partial charge on any atom is -0.489 e. The molecule has 1 aliphatic heterocycles. The number of ether oxygens (including phenoxy) is 1. The molecule has 2 rings (SSSR count). The van der Waals surface area contributed by atoms with E-state index in [1.54, 1.807) is 13.1 Å². The van der Waals surface area contributed by atoms with Crippen LogP contribution in [-0.2, 0) is 4.79 Å². The molecular formula is C21H35ClIN5O2. The Morgan fingerprint density at radius 1 is 1.33 bits per heavy atom.